The van der Waals surface area contributed by atoms with Crippen LogP contribution in [0.15, 0.2) is 24.3 Å². The highest BCUT2D eigenvalue weighted by Gasteiger charge is 2.27. The van der Waals surface area contributed by atoms with Gasteiger partial charge in [0, 0.05) is 23.4 Å². The molecule has 0 spiro atoms. The molecule has 0 aliphatic heterocycles. The second-order valence-corrected chi connectivity index (χ2v) is 4.52. The van der Waals surface area contributed by atoms with Gasteiger partial charge in [-0.3, -0.25) is 0 Å². The van der Waals surface area contributed by atoms with Crippen molar-refractivity contribution in [2.24, 2.45) is 5.73 Å². The normalized spacial score (nSPS) is 18.4. The second kappa shape index (κ2) is 3.60. The molecule has 0 amide bonds. The fourth-order valence-electron chi connectivity index (χ4n) is 2.58. The minimum absolute atomic E-state index is 0.107. The molecular formula is C13H15N3O. The molecule has 0 fully saturated rings. The SMILES string of the molecule is Cc1nn(-c2cccc(O)c2)c2c1C(N)CC2. The molecule has 1 aliphatic rings. The Hall–Kier alpha value is -1.81. The van der Waals surface area contributed by atoms with Crippen molar-refractivity contribution in [3.05, 3.63) is 41.2 Å². The Kier molecular flexibility index (Phi) is 2.19. The van der Waals surface area contributed by atoms with E-state index in [0.29, 0.717) is 0 Å². The van der Waals surface area contributed by atoms with Crippen LogP contribution in [0.2, 0.25) is 0 Å². The third-order valence-electron chi connectivity index (χ3n) is 3.34. The van der Waals surface area contributed by atoms with Gasteiger partial charge in [0.15, 0.2) is 0 Å². The summed E-state index contributed by atoms with van der Waals surface area (Å²) in [5, 5.41) is 14.0. The molecule has 1 heterocycles. The van der Waals surface area contributed by atoms with Crippen molar-refractivity contribution in [2.75, 3.05) is 0 Å². The highest BCUT2D eigenvalue weighted by Crippen LogP contribution is 2.33. The fraction of sp³-hybridized carbons (Fsp3) is 0.308. The van der Waals surface area contributed by atoms with E-state index in [-0.39, 0.29) is 11.8 Å². The van der Waals surface area contributed by atoms with E-state index in [9.17, 15) is 5.11 Å². The predicted molar refractivity (Wildman–Crippen MR) is 65.2 cm³/mol. The smallest absolute Gasteiger partial charge is 0.117 e. The molecule has 0 bridgehead atoms. The molecule has 17 heavy (non-hydrogen) atoms. The summed E-state index contributed by atoms with van der Waals surface area (Å²) in [5.74, 6) is 0.256. The Labute approximate surface area is 99.7 Å². The summed E-state index contributed by atoms with van der Waals surface area (Å²) in [6.07, 6.45) is 1.93. The van der Waals surface area contributed by atoms with E-state index >= 15 is 0 Å². The Bertz CT molecular complexity index is 574. The van der Waals surface area contributed by atoms with E-state index < -0.39 is 0 Å². The van der Waals surface area contributed by atoms with Crippen molar-refractivity contribution in [1.29, 1.82) is 0 Å². The molecule has 1 aliphatic carbocycles. The van der Waals surface area contributed by atoms with Crippen LogP contribution in [0.25, 0.3) is 5.69 Å². The Balaban J connectivity index is 2.17. The largest absolute Gasteiger partial charge is 0.508 e. The number of aromatic nitrogens is 2. The first kappa shape index (κ1) is 10.4. The summed E-state index contributed by atoms with van der Waals surface area (Å²) < 4.78 is 1.90. The maximum atomic E-state index is 9.52. The molecule has 0 saturated heterocycles. The maximum absolute atomic E-state index is 9.52. The molecule has 0 radical (unpaired) electrons. The zero-order valence-corrected chi connectivity index (χ0v) is 9.72. The number of nitrogens with two attached hydrogens (primary N) is 1. The maximum Gasteiger partial charge on any atom is 0.117 e. The van der Waals surface area contributed by atoms with Gasteiger partial charge in [0.1, 0.15) is 5.75 Å². The van der Waals surface area contributed by atoms with Crippen LogP contribution in [0.3, 0.4) is 0 Å². The van der Waals surface area contributed by atoms with E-state index in [1.54, 1.807) is 12.1 Å². The molecule has 1 unspecified atom stereocenters. The third-order valence-corrected chi connectivity index (χ3v) is 3.34. The summed E-state index contributed by atoms with van der Waals surface area (Å²) in [7, 11) is 0. The Morgan fingerprint density at radius 3 is 3.06 bits per heavy atom. The van der Waals surface area contributed by atoms with Crippen molar-refractivity contribution in [1.82, 2.24) is 9.78 Å². The standard InChI is InChI=1S/C13H15N3O/c1-8-13-11(14)5-6-12(13)16(15-8)9-3-2-4-10(17)7-9/h2-4,7,11,17H,5-6,14H2,1H3. The van der Waals surface area contributed by atoms with Gasteiger partial charge in [-0.25, -0.2) is 4.68 Å². The van der Waals surface area contributed by atoms with Crippen molar-refractivity contribution < 1.29 is 5.11 Å². The van der Waals surface area contributed by atoms with Crippen LogP contribution in [-0.4, -0.2) is 14.9 Å². The van der Waals surface area contributed by atoms with E-state index in [1.807, 2.05) is 23.7 Å². The van der Waals surface area contributed by atoms with Crippen LogP contribution in [0, 0.1) is 6.92 Å². The van der Waals surface area contributed by atoms with Gasteiger partial charge in [0.25, 0.3) is 0 Å². The number of hydrogen-bond acceptors (Lipinski definition) is 3. The first-order valence-corrected chi connectivity index (χ1v) is 5.80. The summed E-state index contributed by atoms with van der Waals surface area (Å²) >= 11 is 0. The van der Waals surface area contributed by atoms with Crippen molar-refractivity contribution in [3.63, 3.8) is 0 Å². The lowest BCUT2D eigenvalue weighted by Gasteiger charge is -2.05. The van der Waals surface area contributed by atoms with E-state index in [2.05, 4.69) is 5.10 Å². The summed E-state index contributed by atoms with van der Waals surface area (Å²) in [6, 6.07) is 7.25. The van der Waals surface area contributed by atoms with Crippen LogP contribution in [0.5, 0.6) is 5.75 Å². The number of aromatic hydroxyl groups is 1. The Morgan fingerprint density at radius 1 is 1.47 bits per heavy atom. The lowest BCUT2D eigenvalue weighted by molar-refractivity contribution is 0.474. The summed E-state index contributed by atoms with van der Waals surface area (Å²) in [4.78, 5) is 0. The lowest BCUT2D eigenvalue weighted by atomic mass is 10.1. The summed E-state index contributed by atoms with van der Waals surface area (Å²) in [6.45, 7) is 1.99. The number of hydrogen-bond donors (Lipinski definition) is 2. The molecule has 2 aromatic rings. The van der Waals surface area contributed by atoms with Gasteiger partial charge in [0.2, 0.25) is 0 Å². The third kappa shape index (κ3) is 1.52. The molecule has 4 nitrogen and oxygen atoms in total. The van der Waals surface area contributed by atoms with Gasteiger partial charge >= 0.3 is 0 Å². The van der Waals surface area contributed by atoms with E-state index in [4.69, 9.17) is 5.73 Å². The molecule has 3 rings (SSSR count). The van der Waals surface area contributed by atoms with Crippen molar-refractivity contribution in [3.8, 4) is 11.4 Å². The fourth-order valence-corrected chi connectivity index (χ4v) is 2.58. The zero-order valence-electron chi connectivity index (χ0n) is 9.72. The highest BCUT2D eigenvalue weighted by atomic mass is 16.3. The zero-order chi connectivity index (χ0) is 12.0. The highest BCUT2D eigenvalue weighted by molar-refractivity contribution is 5.44. The lowest BCUT2D eigenvalue weighted by Crippen LogP contribution is -2.06. The van der Waals surface area contributed by atoms with Gasteiger partial charge in [-0.05, 0) is 31.9 Å². The van der Waals surface area contributed by atoms with Crippen LogP contribution >= 0.6 is 0 Å². The quantitative estimate of drug-likeness (QED) is 0.784. The molecule has 3 N–H and O–H groups in total. The first-order valence-electron chi connectivity index (χ1n) is 5.80. The number of fused-ring (bicyclic) bond motifs is 1. The van der Waals surface area contributed by atoms with Crippen LogP contribution in [-0.2, 0) is 6.42 Å². The van der Waals surface area contributed by atoms with Crippen LogP contribution < -0.4 is 5.73 Å². The number of phenolic OH excluding ortho intramolecular Hbond substituents is 1. The number of phenols is 1. The van der Waals surface area contributed by atoms with Gasteiger partial charge in [0.05, 0.1) is 11.4 Å². The van der Waals surface area contributed by atoms with Gasteiger partial charge < -0.3 is 10.8 Å². The first-order chi connectivity index (χ1) is 8.16. The second-order valence-electron chi connectivity index (χ2n) is 4.52. The Morgan fingerprint density at radius 2 is 2.29 bits per heavy atom. The van der Waals surface area contributed by atoms with E-state index in [0.717, 1.165) is 24.2 Å². The summed E-state index contributed by atoms with van der Waals surface area (Å²) in [5.41, 5.74) is 10.3. The molecule has 0 saturated carbocycles. The van der Waals surface area contributed by atoms with Crippen LogP contribution in [0.1, 0.15) is 29.4 Å². The average Bonchev–Trinajstić information content (AvgIpc) is 2.82. The van der Waals surface area contributed by atoms with Crippen molar-refractivity contribution >= 4 is 0 Å². The van der Waals surface area contributed by atoms with Crippen LogP contribution in [0.4, 0.5) is 0 Å². The molecule has 1 aromatic carbocycles. The predicted octanol–water partition coefficient (Wildman–Crippen LogP) is 1.83. The molecular weight excluding hydrogens is 214 g/mol. The van der Waals surface area contributed by atoms with E-state index in [1.165, 1.54) is 11.3 Å². The van der Waals surface area contributed by atoms with Crippen molar-refractivity contribution in [2.45, 2.75) is 25.8 Å². The number of nitrogens with zero attached hydrogens (tertiary/aromatic N) is 2. The monoisotopic (exact) mass is 229 g/mol. The van der Waals surface area contributed by atoms with Gasteiger partial charge in [-0.1, -0.05) is 6.07 Å². The minimum Gasteiger partial charge on any atom is -0.508 e. The van der Waals surface area contributed by atoms with Gasteiger partial charge in [-0.2, -0.15) is 5.10 Å². The average molecular weight is 229 g/mol. The number of aryl methyl sites for hydroxylation is 1. The molecule has 1 atom stereocenters. The van der Waals surface area contributed by atoms with Gasteiger partial charge in [-0.15, -0.1) is 0 Å². The number of benzene rings is 1. The molecule has 88 valence electrons. The molecule has 4 heteroatoms. The molecule has 1 aromatic heterocycles. The number of rotatable bonds is 1. The topological polar surface area (TPSA) is 64.1 Å². The minimum atomic E-state index is 0.107.